The van der Waals surface area contributed by atoms with Crippen LogP contribution in [0.1, 0.15) is 22.9 Å². The Morgan fingerprint density at radius 2 is 2.18 bits per heavy atom. The number of aliphatic hydroxyl groups excluding tert-OH is 1. The van der Waals surface area contributed by atoms with E-state index in [4.69, 9.17) is 0 Å². The summed E-state index contributed by atoms with van der Waals surface area (Å²) in [5.41, 5.74) is 2.71. The molecule has 0 bridgehead atoms. The molecule has 144 valence electrons. The number of nitrogens with one attached hydrogen (secondary N) is 2. The Hall–Kier alpha value is -2.62. The second-order valence-corrected chi connectivity index (χ2v) is 8.44. The van der Waals surface area contributed by atoms with Gasteiger partial charge in [-0.2, -0.15) is 9.50 Å². The van der Waals surface area contributed by atoms with Crippen LogP contribution >= 0.6 is 11.3 Å². The lowest BCUT2D eigenvalue weighted by Gasteiger charge is -2.24. The first-order chi connectivity index (χ1) is 13.7. The number of anilines is 1. The van der Waals surface area contributed by atoms with E-state index < -0.39 is 6.10 Å². The van der Waals surface area contributed by atoms with Crippen molar-refractivity contribution < 1.29 is 10.0 Å². The van der Waals surface area contributed by atoms with E-state index >= 15 is 0 Å². The third-order valence-electron chi connectivity index (χ3n) is 5.17. The largest absolute Gasteiger partial charge is 0.392 e. The first-order valence-electron chi connectivity index (χ1n) is 9.51. The fourth-order valence-electron chi connectivity index (χ4n) is 3.86. The van der Waals surface area contributed by atoms with Gasteiger partial charge in [0.2, 0.25) is 0 Å². The molecule has 0 amide bonds. The Balaban J connectivity index is 1.53. The number of aliphatic hydroxyl groups is 1. The molecule has 4 aromatic rings. The SMILES string of the molecule is C[C@@H](O)CNc1nc2nnnn2c2sc3c(c12)CC[NH+](Cc1ccccc1)C3. The number of aromatic nitrogens is 5. The van der Waals surface area contributed by atoms with Crippen LogP contribution in [0.5, 0.6) is 0 Å². The van der Waals surface area contributed by atoms with E-state index in [0.29, 0.717) is 12.3 Å². The molecule has 0 saturated carbocycles. The van der Waals surface area contributed by atoms with E-state index in [1.54, 1.807) is 27.7 Å². The number of hydrogen-bond acceptors (Lipinski definition) is 7. The summed E-state index contributed by atoms with van der Waals surface area (Å²) in [5, 5.41) is 26.0. The molecule has 9 heteroatoms. The molecule has 1 aromatic carbocycles. The average Bonchev–Trinajstić information content (AvgIpc) is 3.30. The van der Waals surface area contributed by atoms with Crippen LogP contribution in [0.2, 0.25) is 0 Å². The van der Waals surface area contributed by atoms with Crippen molar-refractivity contribution in [3.63, 3.8) is 0 Å². The maximum atomic E-state index is 9.69. The molecule has 5 rings (SSSR count). The second-order valence-electron chi connectivity index (χ2n) is 7.35. The molecule has 8 nitrogen and oxygen atoms in total. The van der Waals surface area contributed by atoms with Crippen LogP contribution < -0.4 is 10.2 Å². The summed E-state index contributed by atoms with van der Waals surface area (Å²) >= 11 is 1.75. The zero-order chi connectivity index (χ0) is 19.1. The number of benzene rings is 1. The van der Waals surface area contributed by atoms with E-state index in [-0.39, 0.29) is 0 Å². The van der Waals surface area contributed by atoms with Crippen LogP contribution in [0.4, 0.5) is 5.82 Å². The number of nitrogens with zero attached hydrogens (tertiary/aromatic N) is 5. The molecule has 2 atom stereocenters. The number of fused-ring (bicyclic) bond motifs is 5. The Morgan fingerprint density at radius 1 is 1.32 bits per heavy atom. The van der Waals surface area contributed by atoms with Crippen molar-refractivity contribution in [2.75, 3.05) is 18.4 Å². The highest BCUT2D eigenvalue weighted by molar-refractivity contribution is 7.19. The van der Waals surface area contributed by atoms with Crippen LogP contribution in [-0.4, -0.2) is 49.3 Å². The van der Waals surface area contributed by atoms with E-state index in [0.717, 1.165) is 42.1 Å². The summed E-state index contributed by atoms with van der Waals surface area (Å²) in [6.45, 7) is 5.30. The lowest BCUT2D eigenvalue weighted by Crippen LogP contribution is -3.10. The van der Waals surface area contributed by atoms with Crippen molar-refractivity contribution in [1.29, 1.82) is 0 Å². The quantitative estimate of drug-likeness (QED) is 0.459. The minimum Gasteiger partial charge on any atom is -0.392 e. The predicted octanol–water partition coefficient (Wildman–Crippen LogP) is 0.668. The van der Waals surface area contributed by atoms with Crippen LogP contribution in [0.3, 0.4) is 0 Å². The summed E-state index contributed by atoms with van der Waals surface area (Å²) in [7, 11) is 0. The second kappa shape index (κ2) is 7.08. The molecule has 1 unspecified atom stereocenters. The molecule has 0 saturated heterocycles. The highest BCUT2D eigenvalue weighted by Gasteiger charge is 2.27. The fraction of sp³-hybridized carbons (Fsp3) is 0.368. The van der Waals surface area contributed by atoms with Gasteiger partial charge in [-0.25, -0.2) is 0 Å². The van der Waals surface area contributed by atoms with Crippen molar-refractivity contribution in [1.82, 2.24) is 25.0 Å². The number of tetrazole rings is 1. The summed E-state index contributed by atoms with van der Waals surface area (Å²) < 4.78 is 1.72. The summed E-state index contributed by atoms with van der Waals surface area (Å²) in [4.78, 5) is 8.56. The maximum Gasteiger partial charge on any atom is 0.276 e. The molecule has 3 N–H and O–H groups in total. The normalized spacial score (nSPS) is 17.7. The number of rotatable bonds is 5. The third kappa shape index (κ3) is 3.11. The van der Waals surface area contributed by atoms with E-state index in [1.807, 2.05) is 0 Å². The topological polar surface area (TPSA) is 92.7 Å². The molecular formula is C19H22N7OS+. The van der Waals surface area contributed by atoms with Crippen molar-refractivity contribution in [2.45, 2.75) is 32.5 Å². The first kappa shape index (κ1) is 17.5. The van der Waals surface area contributed by atoms with Gasteiger partial charge in [0.1, 0.15) is 23.7 Å². The first-order valence-corrected chi connectivity index (χ1v) is 10.3. The smallest absolute Gasteiger partial charge is 0.276 e. The summed E-state index contributed by atoms with van der Waals surface area (Å²) in [6.07, 6.45) is 0.542. The number of quaternary nitrogens is 1. The highest BCUT2D eigenvalue weighted by Crippen LogP contribution is 2.36. The molecular weight excluding hydrogens is 374 g/mol. The van der Waals surface area contributed by atoms with Gasteiger partial charge in [0.05, 0.1) is 22.9 Å². The summed E-state index contributed by atoms with van der Waals surface area (Å²) in [5.74, 6) is 1.25. The molecule has 1 aliphatic heterocycles. The lowest BCUT2D eigenvalue weighted by atomic mass is 10.0. The molecule has 3 aromatic heterocycles. The number of hydrogen-bond donors (Lipinski definition) is 3. The molecule has 4 heterocycles. The van der Waals surface area contributed by atoms with Gasteiger partial charge < -0.3 is 15.3 Å². The van der Waals surface area contributed by atoms with Gasteiger partial charge >= 0.3 is 0 Å². The molecule has 0 spiro atoms. The van der Waals surface area contributed by atoms with Crippen LogP contribution in [0.15, 0.2) is 30.3 Å². The van der Waals surface area contributed by atoms with Gasteiger partial charge in [-0.3, -0.25) is 0 Å². The molecule has 0 radical (unpaired) electrons. The average molecular weight is 397 g/mol. The highest BCUT2D eigenvalue weighted by atomic mass is 32.1. The third-order valence-corrected chi connectivity index (χ3v) is 6.37. The van der Waals surface area contributed by atoms with E-state index in [2.05, 4.69) is 56.2 Å². The lowest BCUT2D eigenvalue weighted by molar-refractivity contribution is -0.929. The van der Waals surface area contributed by atoms with Gasteiger partial charge in [0, 0.05) is 18.5 Å². The van der Waals surface area contributed by atoms with Gasteiger partial charge in [-0.15, -0.1) is 11.3 Å². The zero-order valence-electron chi connectivity index (χ0n) is 15.6. The van der Waals surface area contributed by atoms with Crippen LogP contribution in [0, 0.1) is 0 Å². The van der Waals surface area contributed by atoms with Gasteiger partial charge in [0.15, 0.2) is 0 Å². The van der Waals surface area contributed by atoms with Crippen molar-refractivity contribution in [2.24, 2.45) is 0 Å². The Bertz CT molecular complexity index is 1120. The van der Waals surface area contributed by atoms with Gasteiger partial charge in [-0.05, 0) is 22.9 Å². The van der Waals surface area contributed by atoms with Crippen LogP contribution in [-0.2, 0) is 19.5 Å². The minimum atomic E-state index is -0.454. The maximum absolute atomic E-state index is 9.69. The van der Waals surface area contributed by atoms with Crippen molar-refractivity contribution >= 4 is 33.1 Å². The Labute approximate surface area is 165 Å². The Morgan fingerprint density at radius 3 is 3.00 bits per heavy atom. The van der Waals surface area contributed by atoms with Gasteiger partial charge in [-0.1, -0.05) is 35.4 Å². The Kier molecular flexibility index (Phi) is 4.42. The van der Waals surface area contributed by atoms with E-state index in [1.165, 1.54) is 16.0 Å². The molecule has 28 heavy (non-hydrogen) atoms. The van der Waals surface area contributed by atoms with Crippen molar-refractivity contribution in [3.05, 3.63) is 46.3 Å². The summed E-state index contributed by atoms with van der Waals surface area (Å²) in [6, 6.07) is 10.7. The van der Waals surface area contributed by atoms with Gasteiger partial charge in [0.25, 0.3) is 5.78 Å². The fourth-order valence-corrected chi connectivity index (χ4v) is 5.23. The van der Waals surface area contributed by atoms with E-state index in [9.17, 15) is 5.11 Å². The molecule has 1 aliphatic rings. The predicted molar refractivity (Wildman–Crippen MR) is 108 cm³/mol. The van der Waals surface area contributed by atoms with Crippen molar-refractivity contribution in [3.8, 4) is 0 Å². The molecule has 0 aliphatic carbocycles. The zero-order valence-corrected chi connectivity index (χ0v) is 16.4. The minimum absolute atomic E-state index is 0.440. The number of thiophene rings is 1. The molecule has 0 fully saturated rings. The monoisotopic (exact) mass is 396 g/mol. The van der Waals surface area contributed by atoms with Crippen LogP contribution in [0.25, 0.3) is 16.0 Å². The standard InChI is InChI=1S/C19H21N7OS/c1-12(27)9-20-17-16-14-7-8-25(10-13-5-3-2-4-6-13)11-15(14)28-18(16)26-19(21-17)22-23-24-26/h2-6,12,27H,7-11H2,1H3,(H,20,21,22,24)/p+1/t12-/m1/s1.